The van der Waals surface area contributed by atoms with Crippen LogP contribution in [-0.4, -0.2) is 59.9 Å². The number of aryl methyl sites for hydroxylation is 1. The number of fused-ring (bicyclic) bond motifs is 3. The van der Waals surface area contributed by atoms with E-state index in [9.17, 15) is 5.11 Å². The molecule has 2 aliphatic heterocycles. The van der Waals surface area contributed by atoms with Gasteiger partial charge in [-0.25, -0.2) is 9.51 Å². The van der Waals surface area contributed by atoms with Crippen molar-refractivity contribution in [2.24, 2.45) is 17.8 Å². The zero-order valence-corrected chi connectivity index (χ0v) is 22.4. The Hall–Kier alpha value is -4.07. The van der Waals surface area contributed by atoms with Crippen LogP contribution in [0.2, 0.25) is 5.02 Å². The molecule has 1 aromatic carbocycles. The van der Waals surface area contributed by atoms with Crippen molar-refractivity contribution >= 4 is 34.3 Å². The largest absolute Gasteiger partial charge is 0.508 e. The number of nitrogens with two attached hydrogens (primary N) is 1. The Balaban J connectivity index is 1.39. The topological polar surface area (TPSA) is 133 Å². The number of benzene rings is 1. The van der Waals surface area contributed by atoms with Crippen LogP contribution in [0.4, 0.5) is 11.4 Å². The van der Waals surface area contributed by atoms with Crippen LogP contribution >= 0.6 is 11.6 Å². The predicted octanol–water partition coefficient (Wildman–Crippen LogP) is 4.45. The Morgan fingerprint density at radius 2 is 1.97 bits per heavy atom. The van der Waals surface area contributed by atoms with Gasteiger partial charge in [-0.2, -0.15) is 15.5 Å². The maximum Gasteiger partial charge on any atom is 0.135 e. The van der Waals surface area contributed by atoms with Gasteiger partial charge < -0.3 is 16.2 Å². The Bertz CT molecular complexity index is 1590. The number of nitriles is 1. The number of nitrogens with zero attached hydrogens (tertiary/aromatic N) is 7. The fourth-order valence-corrected chi connectivity index (χ4v) is 6.26. The summed E-state index contributed by atoms with van der Waals surface area (Å²) in [4.78, 5) is 7.12. The minimum atomic E-state index is 0.0647. The predicted molar refractivity (Wildman–Crippen MR) is 151 cm³/mol. The van der Waals surface area contributed by atoms with Gasteiger partial charge >= 0.3 is 0 Å². The summed E-state index contributed by atoms with van der Waals surface area (Å²) >= 11 is 6.32. The number of phenolic OH excluding ortho intramolecular Hbond substituents is 1. The van der Waals surface area contributed by atoms with Gasteiger partial charge in [0.2, 0.25) is 0 Å². The monoisotopic (exact) mass is 543 g/mol. The van der Waals surface area contributed by atoms with Crippen molar-refractivity contribution in [2.45, 2.75) is 50.2 Å². The number of amidine groups is 1. The lowest BCUT2D eigenvalue weighted by molar-refractivity contribution is 0.136. The van der Waals surface area contributed by atoms with Gasteiger partial charge in [-0.15, -0.1) is 0 Å². The fourth-order valence-electron chi connectivity index (χ4n) is 6.05. The molecule has 39 heavy (non-hydrogen) atoms. The van der Waals surface area contributed by atoms with Crippen molar-refractivity contribution in [3.63, 3.8) is 0 Å². The quantitative estimate of drug-likeness (QED) is 0.231. The van der Waals surface area contributed by atoms with Crippen molar-refractivity contribution in [1.82, 2.24) is 24.3 Å². The van der Waals surface area contributed by atoms with Gasteiger partial charge in [-0.1, -0.05) is 11.6 Å². The Kier molecular flexibility index (Phi) is 6.62. The standard InChI is InChI=1S/C28H30ClN9O/c1-36-15-18(13-32-36)17-9-26-27(34-19-10-20-3-4-21(11-19)37(20)8-2-7-30)23(14-33-38(26)16-17)28(31)35-25-6-5-22(39)12-24(25)29/h5-6,9,12-16,19-21,34,39H,2-4,8,10-11H2,1H3,(H2,31,35)/t19-,20-,21+. The molecule has 5 heterocycles. The number of anilines is 1. The summed E-state index contributed by atoms with van der Waals surface area (Å²) in [5.41, 5.74) is 11.5. The second-order valence-electron chi connectivity index (χ2n) is 10.4. The molecule has 3 atom stereocenters. The van der Waals surface area contributed by atoms with Gasteiger partial charge in [0.05, 0.1) is 45.9 Å². The normalized spacial score (nSPS) is 21.4. The van der Waals surface area contributed by atoms with Crippen LogP contribution in [0.3, 0.4) is 0 Å². The van der Waals surface area contributed by atoms with Crippen molar-refractivity contribution in [3.8, 4) is 22.9 Å². The molecular formula is C28H30ClN9O. The van der Waals surface area contributed by atoms with E-state index in [1.165, 1.54) is 12.1 Å². The average molecular weight is 544 g/mol. The first-order chi connectivity index (χ1) is 18.9. The van der Waals surface area contributed by atoms with Crippen molar-refractivity contribution in [2.75, 3.05) is 11.9 Å². The molecule has 0 amide bonds. The fraction of sp³-hybridized carbons (Fsp3) is 0.357. The summed E-state index contributed by atoms with van der Waals surface area (Å²) in [6, 6.07) is 10.2. The number of hydrogen-bond acceptors (Lipinski definition) is 7. The van der Waals surface area contributed by atoms with Gasteiger partial charge in [0, 0.05) is 67.7 Å². The lowest BCUT2D eigenvalue weighted by atomic mass is 9.96. The molecule has 3 aromatic heterocycles. The van der Waals surface area contributed by atoms with E-state index in [4.69, 9.17) is 22.6 Å². The number of aromatic hydroxyl groups is 1. The Morgan fingerprint density at radius 3 is 2.67 bits per heavy atom. The molecule has 200 valence electrons. The maximum absolute atomic E-state index is 9.73. The number of aliphatic imine (C=N–C) groups is 1. The molecule has 0 radical (unpaired) electrons. The number of phenols is 1. The number of rotatable bonds is 7. The zero-order chi connectivity index (χ0) is 27.1. The highest BCUT2D eigenvalue weighted by atomic mass is 35.5. The highest BCUT2D eigenvalue weighted by Crippen LogP contribution is 2.38. The van der Waals surface area contributed by atoms with Gasteiger partial charge in [0.1, 0.15) is 11.6 Å². The van der Waals surface area contributed by atoms with Crippen LogP contribution in [0.5, 0.6) is 5.75 Å². The molecule has 2 saturated heterocycles. The van der Waals surface area contributed by atoms with E-state index < -0.39 is 0 Å². The van der Waals surface area contributed by atoms with Crippen molar-refractivity contribution < 1.29 is 5.11 Å². The van der Waals surface area contributed by atoms with Crippen LogP contribution in [-0.2, 0) is 7.05 Å². The molecule has 0 saturated carbocycles. The smallest absolute Gasteiger partial charge is 0.135 e. The van der Waals surface area contributed by atoms with E-state index in [-0.39, 0.29) is 17.6 Å². The molecular weight excluding hydrogens is 514 g/mol. The van der Waals surface area contributed by atoms with Gasteiger partial charge in [-0.3, -0.25) is 9.58 Å². The molecule has 0 spiro atoms. The summed E-state index contributed by atoms with van der Waals surface area (Å²) < 4.78 is 3.63. The summed E-state index contributed by atoms with van der Waals surface area (Å²) in [6.45, 7) is 0.837. The van der Waals surface area contributed by atoms with E-state index in [0.29, 0.717) is 34.8 Å². The maximum atomic E-state index is 9.73. The Morgan fingerprint density at radius 1 is 1.18 bits per heavy atom. The molecule has 11 heteroatoms. The van der Waals surface area contributed by atoms with Crippen LogP contribution in [0, 0.1) is 11.3 Å². The van der Waals surface area contributed by atoms with Gasteiger partial charge in [0.15, 0.2) is 0 Å². The summed E-state index contributed by atoms with van der Waals surface area (Å²) in [6.07, 6.45) is 12.4. The summed E-state index contributed by atoms with van der Waals surface area (Å²) in [5, 5.41) is 31.9. The van der Waals surface area contributed by atoms with E-state index in [1.807, 2.05) is 30.2 Å². The van der Waals surface area contributed by atoms with Crippen LogP contribution in [0.1, 0.15) is 37.7 Å². The van der Waals surface area contributed by atoms with E-state index in [0.717, 1.165) is 54.6 Å². The molecule has 0 unspecified atom stereocenters. The molecule has 10 nitrogen and oxygen atoms in total. The average Bonchev–Trinajstić information content (AvgIpc) is 3.60. The number of aromatic nitrogens is 4. The minimum Gasteiger partial charge on any atom is -0.508 e. The lowest BCUT2D eigenvalue weighted by Gasteiger charge is -2.39. The first-order valence-electron chi connectivity index (χ1n) is 13.1. The highest BCUT2D eigenvalue weighted by molar-refractivity contribution is 6.33. The summed E-state index contributed by atoms with van der Waals surface area (Å²) in [5.74, 6) is 0.341. The number of halogens is 1. The number of hydrogen-bond donors (Lipinski definition) is 3. The van der Waals surface area contributed by atoms with Crippen molar-refractivity contribution in [1.29, 1.82) is 5.26 Å². The lowest BCUT2D eigenvalue weighted by Crippen LogP contribution is -2.47. The van der Waals surface area contributed by atoms with Gasteiger partial charge in [-0.05, 0) is 43.9 Å². The molecule has 2 bridgehead atoms. The molecule has 6 rings (SSSR count). The molecule has 2 aliphatic rings. The Labute approximate surface area is 231 Å². The van der Waals surface area contributed by atoms with E-state index in [1.54, 1.807) is 16.9 Å². The van der Waals surface area contributed by atoms with Gasteiger partial charge in [0.25, 0.3) is 0 Å². The minimum absolute atomic E-state index is 0.0647. The van der Waals surface area contributed by atoms with E-state index >= 15 is 0 Å². The first kappa shape index (κ1) is 25.2. The second-order valence-corrected chi connectivity index (χ2v) is 10.8. The molecule has 4 aromatic rings. The first-order valence-corrected chi connectivity index (χ1v) is 13.5. The molecule has 2 fully saturated rings. The van der Waals surface area contributed by atoms with E-state index in [2.05, 4.69) is 37.5 Å². The number of nitrogens with one attached hydrogen (secondary N) is 1. The van der Waals surface area contributed by atoms with Crippen molar-refractivity contribution in [3.05, 3.63) is 59.6 Å². The van der Waals surface area contributed by atoms with Crippen LogP contribution < -0.4 is 11.1 Å². The molecule has 0 aliphatic carbocycles. The van der Waals surface area contributed by atoms with Crippen LogP contribution in [0.25, 0.3) is 16.6 Å². The molecule has 4 N–H and O–H groups in total. The third-order valence-electron chi connectivity index (χ3n) is 7.84. The SMILES string of the molecule is Cn1cc(-c2cc3c(N[C@@H]4C[C@H]5CC[C@@H](C4)N5CCC#N)c(/C(N)=N/c4ccc(O)cc4Cl)cnn3c2)cn1. The summed E-state index contributed by atoms with van der Waals surface area (Å²) in [7, 11) is 1.89. The highest BCUT2D eigenvalue weighted by Gasteiger charge is 2.40. The third-order valence-corrected chi connectivity index (χ3v) is 8.14. The number of piperidine rings is 1. The third kappa shape index (κ3) is 4.91. The zero-order valence-electron chi connectivity index (χ0n) is 21.6. The second kappa shape index (κ2) is 10.2. The van der Waals surface area contributed by atoms with Crippen LogP contribution in [0.15, 0.2) is 54.0 Å².